The Bertz CT molecular complexity index is 732. The molecule has 1 amide bonds. The average molecular weight is 400 g/mol. The van der Waals surface area contributed by atoms with Crippen LogP contribution < -0.4 is 14.2 Å². The number of carbonyl (C=O) groups excluding carboxylic acids is 1. The van der Waals surface area contributed by atoms with Gasteiger partial charge in [0.1, 0.15) is 0 Å². The number of amides is 1. The summed E-state index contributed by atoms with van der Waals surface area (Å²) in [5.41, 5.74) is 0.409. The van der Waals surface area contributed by atoms with Gasteiger partial charge in [0.05, 0.1) is 27.1 Å². The number of nitrogens with zero attached hydrogens (tertiary/aromatic N) is 2. The Hall–Kier alpha value is -2.00. The van der Waals surface area contributed by atoms with Crippen LogP contribution in [0.15, 0.2) is 12.1 Å². The number of rotatable bonds is 8. The standard InChI is InChI=1S/C18H28N2O6S/c1-5-6-11-27(22,23)20-9-7-19(8-10-20)18(21)14-12-15(24-2)17(26-4)16(13-14)25-3/h12-13H,5-11H2,1-4H3. The molecule has 0 atom stereocenters. The maximum absolute atomic E-state index is 12.9. The van der Waals surface area contributed by atoms with Gasteiger partial charge in [-0.3, -0.25) is 4.79 Å². The molecule has 27 heavy (non-hydrogen) atoms. The highest BCUT2D eigenvalue weighted by atomic mass is 32.2. The Kier molecular flexibility index (Phi) is 7.32. The molecular formula is C18H28N2O6S. The van der Waals surface area contributed by atoms with Crippen LogP contribution in [-0.2, 0) is 10.0 Å². The van der Waals surface area contributed by atoms with Gasteiger partial charge in [-0.15, -0.1) is 0 Å². The summed E-state index contributed by atoms with van der Waals surface area (Å²) in [6.07, 6.45) is 1.48. The molecule has 1 aliphatic rings. The number of sulfonamides is 1. The molecule has 9 heteroatoms. The SMILES string of the molecule is CCCCS(=O)(=O)N1CCN(C(=O)c2cc(OC)c(OC)c(OC)c2)CC1. The molecule has 1 aromatic rings. The minimum absolute atomic E-state index is 0.157. The lowest BCUT2D eigenvalue weighted by Gasteiger charge is -2.34. The molecule has 0 unspecified atom stereocenters. The van der Waals surface area contributed by atoms with Gasteiger partial charge in [-0.1, -0.05) is 13.3 Å². The molecule has 0 aliphatic carbocycles. The zero-order valence-electron chi connectivity index (χ0n) is 16.4. The summed E-state index contributed by atoms with van der Waals surface area (Å²) >= 11 is 0. The number of hydrogen-bond donors (Lipinski definition) is 0. The quantitative estimate of drug-likeness (QED) is 0.659. The lowest BCUT2D eigenvalue weighted by atomic mass is 10.1. The number of methoxy groups -OCH3 is 3. The van der Waals surface area contributed by atoms with Gasteiger partial charge in [-0.25, -0.2) is 8.42 Å². The molecule has 0 spiro atoms. The van der Waals surface area contributed by atoms with Gasteiger partial charge in [0.25, 0.3) is 5.91 Å². The lowest BCUT2D eigenvalue weighted by molar-refractivity contribution is 0.0697. The van der Waals surface area contributed by atoms with E-state index in [2.05, 4.69) is 0 Å². The highest BCUT2D eigenvalue weighted by Gasteiger charge is 2.29. The van der Waals surface area contributed by atoms with Crippen LogP contribution in [0.25, 0.3) is 0 Å². The number of benzene rings is 1. The molecule has 0 radical (unpaired) electrons. The predicted molar refractivity (Wildman–Crippen MR) is 102 cm³/mol. The van der Waals surface area contributed by atoms with Gasteiger partial charge in [-0.05, 0) is 18.6 Å². The zero-order chi connectivity index (χ0) is 20.0. The van der Waals surface area contributed by atoms with E-state index in [1.54, 1.807) is 17.0 Å². The van der Waals surface area contributed by atoms with Crippen molar-refractivity contribution in [3.8, 4) is 17.2 Å². The average Bonchev–Trinajstić information content (AvgIpc) is 2.70. The number of unbranched alkanes of at least 4 members (excludes halogenated alkanes) is 1. The van der Waals surface area contributed by atoms with Crippen LogP contribution in [0.4, 0.5) is 0 Å². The van der Waals surface area contributed by atoms with E-state index in [0.29, 0.717) is 55.4 Å². The summed E-state index contributed by atoms with van der Waals surface area (Å²) in [6.45, 7) is 3.27. The van der Waals surface area contributed by atoms with Gasteiger partial charge in [0.2, 0.25) is 15.8 Å². The van der Waals surface area contributed by atoms with E-state index in [4.69, 9.17) is 14.2 Å². The molecule has 0 bridgehead atoms. The molecular weight excluding hydrogens is 372 g/mol. The first-order valence-corrected chi connectivity index (χ1v) is 10.6. The summed E-state index contributed by atoms with van der Waals surface area (Å²) in [5.74, 6) is 1.19. The molecule has 0 aromatic heterocycles. The van der Waals surface area contributed by atoms with E-state index < -0.39 is 10.0 Å². The molecule has 0 N–H and O–H groups in total. The van der Waals surface area contributed by atoms with Crippen molar-refractivity contribution < 1.29 is 27.4 Å². The third-order valence-electron chi connectivity index (χ3n) is 4.59. The smallest absolute Gasteiger partial charge is 0.254 e. The maximum Gasteiger partial charge on any atom is 0.254 e. The first-order valence-electron chi connectivity index (χ1n) is 8.95. The molecule has 1 fully saturated rings. The minimum atomic E-state index is -3.25. The van der Waals surface area contributed by atoms with Gasteiger partial charge >= 0.3 is 0 Å². The van der Waals surface area contributed by atoms with Crippen molar-refractivity contribution >= 4 is 15.9 Å². The maximum atomic E-state index is 12.9. The first-order chi connectivity index (χ1) is 12.9. The van der Waals surface area contributed by atoms with Crippen LogP contribution in [0.1, 0.15) is 30.1 Å². The van der Waals surface area contributed by atoms with Crippen LogP contribution in [0.3, 0.4) is 0 Å². The van der Waals surface area contributed by atoms with Crippen LogP contribution in [-0.4, -0.2) is 76.8 Å². The summed E-state index contributed by atoms with van der Waals surface area (Å²) in [4.78, 5) is 14.5. The third-order valence-corrected chi connectivity index (χ3v) is 6.54. The second-order valence-electron chi connectivity index (χ2n) is 6.27. The summed E-state index contributed by atoms with van der Waals surface area (Å²) in [5, 5.41) is 0. The van der Waals surface area contributed by atoms with E-state index in [9.17, 15) is 13.2 Å². The van der Waals surface area contributed by atoms with Crippen LogP contribution in [0, 0.1) is 0 Å². The highest BCUT2D eigenvalue weighted by molar-refractivity contribution is 7.89. The Morgan fingerprint density at radius 3 is 2.00 bits per heavy atom. The first kappa shape index (κ1) is 21.3. The van der Waals surface area contributed by atoms with Gasteiger partial charge < -0.3 is 19.1 Å². The summed E-state index contributed by atoms with van der Waals surface area (Å²) in [7, 11) is 1.23. The molecule has 1 aliphatic heterocycles. The Morgan fingerprint density at radius 2 is 1.56 bits per heavy atom. The van der Waals surface area contributed by atoms with Crippen molar-refractivity contribution in [3.05, 3.63) is 17.7 Å². The molecule has 8 nitrogen and oxygen atoms in total. The fraction of sp³-hybridized carbons (Fsp3) is 0.611. The van der Waals surface area contributed by atoms with Gasteiger partial charge in [0.15, 0.2) is 11.5 Å². The molecule has 0 saturated carbocycles. The Balaban J connectivity index is 2.12. The number of carbonyl (C=O) groups is 1. The van der Waals surface area contributed by atoms with E-state index in [-0.39, 0.29) is 11.7 Å². The Labute approximate surface area is 161 Å². The predicted octanol–water partition coefficient (Wildman–Crippen LogP) is 1.60. The Morgan fingerprint density at radius 1 is 1.00 bits per heavy atom. The minimum Gasteiger partial charge on any atom is -0.493 e. The molecule has 1 heterocycles. The van der Waals surface area contributed by atoms with Crippen molar-refractivity contribution in [2.75, 3.05) is 53.3 Å². The van der Waals surface area contributed by atoms with E-state index >= 15 is 0 Å². The van der Waals surface area contributed by atoms with Crippen molar-refractivity contribution in [1.29, 1.82) is 0 Å². The topological polar surface area (TPSA) is 85.4 Å². The normalized spacial score (nSPS) is 15.5. The summed E-state index contributed by atoms with van der Waals surface area (Å²) in [6, 6.07) is 3.21. The molecule has 2 rings (SSSR count). The van der Waals surface area contributed by atoms with Gasteiger partial charge in [0, 0.05) is 31.7 Å². The number of ether oxygens (including phenoxy) is 3. The fourth-order valence-corrected chi connectivity index (χ4v) is 4.64. The van der Waals surface area contributed by atoms with Crippen molar-refractivity contribution in [2.24, 2.45) is 0 Å². The van der Waals surface area contributed by atoms with Crippen LogP contribution >= 0.6 is 0 Å². The second kappa shape index (κ2) is 9.27. The summed E-state index contributed by atoms with van der Waals surface area (Å²) < 4.78 is 41.9. The molecule has 152 valence electrons. The lowest BCUT2D eigenvalue weighted by Crippen LogP contribution is -2.51. The van der Waals surface area contributed by atoms with Gasteiger partial charge in [-0.2, -0.15) is 4.31 Å². The van der Waals surface area contributed by atoms with Crippen molar-refractivity contribution in [2.45, 2.75) is 19.8 Å². The molecule has 1 saturated heterocycles. The fourth-order valence-electron chi connectivity index (χ4n) is 3.01. The van der Waals surface area contributed by atoms with E-state index in [0.717, 1.165) is 6.42 Å². The van der Waals surface area contributed by atoms with Crippen molar-refractivity contribution in [3.63, 3.8) is 0 Å². The number of hydrogen-bond acceptors (Lipinski definition) is 6. The number of piperazine rings is 1. The van der Waals surface area contributed by atoms with E-state index in [1.165, 1.54) is 25.6 Å². The molecule has 1 aromatic carbocycles. The third kappa shape index (κ3) is 4.84. The van der Waals surface area contributed by atoms with Crippen LogP contribution in [0.2, 0.25) is 0 Å². The van der Waals surface area contributed by atoms with Crippen LogP contribution in [0.5, 0.6) is 17.2 Å². The van der Waals surface area contributed by atoms with Crippen molar-refractivity contribution in [1.82, 2.24) is 9.21 Å². The monoisotopic (exact) mass is 400 g/mol. The second-order valence-corrected chi connectivity index (χ2v) is 8.36. The van der Waals surface area contributed by atoms with E-state index in [1.807, 2.05) is 6.92 Å². The zero-order valence-corrected chi connectivity index (χ0v) is 17.2. The highest BCUT2D eigenvalue weighted by Crippen LogP contribution is 2.38. The largest absolute Gasteiger partial charge is 0.493 e.